The number of methoxy groups -OCH3 is 1. The zero-order valence-corrected chi connectivity index (χ0v) is 12.0. The molecule has 2 N–H and O–H groups in total. The van der Waals surface area contributed by atoms with E-state index in [2.05, 4.69) is 15.0 Å². The predicted octanol–water partition coefficient (Wildman–Crippen LogP) is 2.40. The van der Waals surface area contributed by atoms with Crippen LogP contribution in [0.3, 0.4) is 0 Å². The summed E-state index contributed by atoms with van der Waals surface area (Å²) >= 11 is 7.01. The molecule has 0 saturated heterocycles. The van der Waals surface area contributed by atoms with Gasteiger partial charge < -0.3 is 15.2 Å². The Morgan fingerprint density at radius 3 is 3.00 bits per heavy atom. The van der Waals surface area contributed by atoms with Gasteiger partial charge in [-0.3, -0.25) is 0 Å². The molecule has 0 fully saturated rings. The molecule has 1 atom stereocenters. The average molecular weight is 293 g/mol. The van der Waals surface area contributed by atoms with Gasteiger partial charge in [0.05, 0.1) is 7.11 Å². The van der Waals surface area contributed by atoms with Crippen molar-refractivity contribution in [2.24, 2.45) is 5.92 Å². The number of hydrogen-bond donors (Lipinski definition) is 2. The first-order valence-electron chi connectivity index (χ1n) is 5.67. The Hall–Kier alpha value is -0.850. The van der Waals surface area contributed by atoms with Gasteiger partial charge in [-0.15, -0.1) is 0 Å². The van der Waals surface area contributed by atoms with Crippen LogP contribution in [0.1, 0.15) is 29.4 Å². The number of hydrogen-bond acceptors (Lipinski definition) is 6. The van der Waals surface area contributed by atoms with Crippen LogP contribution in [0.4, 0.5) is 5.13 Å². The quantitative estimate of drug-likeness (QED) is 0.596. The van der Waals surface area contributed by atoms with Crippen LogP contribution < -0.4 is 5.32 Å². The van der Waals surface area contributed by atoms with E-state index in [-0.39, 0.29) is 11.8 Å². The van der Waals surface area contributed by atoms with Gasteiger partial charge >= 0.3 is 5.97 Å². The van der Waals surface area contributed by atoms with E-state index in [1.165, 1.54) is 18.4 Å². The van der Waals surface area contributed by atoms with Crippen molar-refractivity contribution >= 4 is 34.0 Å². The molecule has 102 valence electrons. The van der Waals surface area contributed by atoms with E-state index in [4.69, 9.17) is 16.7 Å². The maximum absolute atomic E-state index is 11.3. The summed E-state index contributed by atoms with van der Waals surface area (Å²) in [4.78, 5) is 15.7. The highest BCUT2D eigenvalue weighted by molar-refractivity contribution is 7.18. The van der Waals surface area contributed by atoms with Crippen LogP contribution in [0.2, 0.25) is 5.15 Å². The summed E-state index contributed by atoms with van der Waals surface area (Å²) in [6, 6.07) is 0. The molecule has 5 nitrogen and oxygen atoms in total. The number of aliphatic hydroxyl groups is 1. The molecule has 0 bridgehead atoms. The molecule has 0 amide bonds. The molecule has 0 aliphatic carbocycles. The fraction of sp³-hybridized carbons (Fsp3) is 0.636. The van der Waals surface area contributed by atoms with Crippen molar-refractivity contribution < 1.29 is 14.6 Å². The number of nitrogens with one attached hydrogen (secondary N) is 1. The molecule has 0 spiro atoms. The average Bonchev–Trinajstić information content (AvgIpc) is 2.74. The van der Waals surface area contributed by atoms with Crippen molar-refractivity contribution in [3.63, 3.8) is 0 Å². The largest absolute Gasteiger partial charge is 0.465 e. The van der Waals surface area contributed by atoms with Gasteiger partial charge in [-0.25, -0.2) is 9.78 Å². The Labute approximate surface area is 115 Å². The van der Waals surface area contributed by atoms with Gasteiger partial charge in [0.2, 0.25) is 0 Å². The second-order valence-electron chi connectivity index (χ2n) is 3.99. The van der Waals surface area contributed by atoms with E-state index in [0.717, 1.165) is 19.4 Å². The molecule has 18 heavy (non-hydrogen) atoms. The van der Waals surface area contributed by atoms with E-state index in [0.29, 0.717) is 15.9 Å². The van der Waals surface area contributed by atoms with Crippen LogP contribution in [-0.4, -0.2) is 36.3 Å². The minimum Gasteiger partial charge on any atom is -0.465 e. The molecule has 0 saturated carbocycles. The van der Waals surface area contributed by atoms with E-state index < -0.39 is 5.97 Å². The maximum atomic E-state index is 11.3. The lowest BCUT2D eigenvalue weighted by Crippen LogP contribution is -2.06. The van der Waals surface area contributed by atoms with Crippen molar-refractivity contribution in [2.75, 3.05) is 25.6 Å². The first-order chi connectivity index (χ1) is 8.58. The van der Waals surface area contributed by atoms with Crippen LogP contribution >= 0.6 is 22.9 Å². The summed E-state index contributed by atoms with van der Waals surface area (Å²) in [5.74, 6) is -0.170. The zero-order valence-electron chi connectivity index (χ0n) is 10.4. The lowest BCUT2D eigenvalue weighted by atomic mass is 10.1. The number of anilines is 1. The second kappa shape index (κ2) is 7.56. The summed E-state index contributed by atoms with van der Waals surface area (Å²) in [5, 5.41) is 12.8. The van der Waals surface area contributed by atoms with E-state index in [9.17, 15) is 4.79 Å². The van der Waals surface area contributed by atoms with Gasteiger partial charge in [0.1, 0.15) is 0 Å². The molecule has 0 radical (unpaired) electrons. The summed E-state index contributed by atoms with van der Waals surface area (Å²) in [5.41, 5.74) is 0. The van der Waals surface area contributed by atoms with Gasteiger partial charge in [0.25, 0.3) is 0 Å². The van der Waals surface area contributed by atoms with Crippen molar-refractivity contribution in [3.05, 3.63) is 10.0 Å². The molecule has 1 unspecified atom stereocenters. The zero-order chi connectivity index (χ0) is 13.5. The lowest BCUT2D eigenvalue weighted by Gasteiger charge is -2.07. The third kappa shape index (κ3) is 4.44. The van der Waals surface area contributed by atoms with Gasteiger partial charge in [-0.1, -0.05) is 29.9 Å². The highest BCUT2D eigenvalue weighted by Crippen LogP contribution is 2.27. The number of nitrogens with zero attached hydrogens (tertiary/aromatic N) is 1. The topological polar surface area (TPSA) is 71.5 Å². The van der Waals surface area contributed by atoms with Crippen molar-refractivity contribution in [2.45, 2.75) is 19.8 Å². The van der Waals surface area contributed by atoms with E-state index in [1.54, 1.807) is 0 Å². The van der Waals surface area contributed by atoms with Crippen molar-refractivity contribution in [1.82, 2.24) is 4.98 Å². The highest BCUT2D eigenvalue weighted by Gasteiger charge is 2.16. The minimum absolute atomic E-state index is 0.165. The SMILES string of the molecule is COC(=O)c1sc(NCCCC(C)CO)nc1Cl. The van der Waals surface area contributed by atoms with Crippen LogP contribution in [0.5, 0.6) is 0 Å². The monoisotopic (exact) mass is 292 g/mol. The third-order valence-corrected chi connectivity index (χ3v) is 3.80. The molecule has 0 aliphatic rings. The van der Waals surface area contributed by atoms with Crippen molar-refractivity contribution in [1.29, 1.82) is 0 Å². The number of aliphatic hydroxyl groups excluding tert-OH is 1. The Kier molecular flexibility index (Phi) is 6.38. The summed E-state index contributed by atoms with van der Waals surface area (Å²) in [6.07, 6.45) is 1.86. The number of aromatic nitrogens is 1. The molecule has 7 heteroatoms. The second-order valence-corrected chi connectivity index (χ2v) is 5.34. The maximum Gasteiger partial charge on any atom is 0.351 e. The van der Waals surface area contributed by atoms with E-state index in [1.807, 2.05) is 6.92 Å². The summed E-state index contributed by atoms with van der Waals surface area (Å²) < 4.78 is 4.59. The Balaban J connectivity index is 2.42. The molecule has 0 aliphatic heterocycles. The Bertz CT molecular complexity index is 398. The molecule has 1 aromatic rings. The molecule has 0 aromatic carbocycles. The van der Waals surface area contributed by atoms with Gasteiger partial charge in [0.15, 0.2) is 15.2 Å². The highest BCUT2D eigenvalue weighted by atomic mass is 35.5. The summed E-state index contributed by atoms with van der Waals surface area (Å²) in [7, 11) is 1.31. The molecular formula is C11H17ClN2O3S. The minimum atomic E-state index is -0.473. The lowest BCUT2D eigenvalue weighted by molar-refractivity contribution is 0.0606. The Morgan fingerprint density at radius 2 is 2.39 bits per heavy atom. The van der Waals surface area contributed by atoms with Gasteiger partial charge in [-0.2, -0.15) is 0 Å². The van der Waals surface area contributed by atoms with Crippen LogP contribution in [0.15, 0.2) is 0 Å². The smallest absolute Gasteiger partial charge is 0.351 e. The van der Waals surface area contributed by atoms with Gasteiger partial charge in [0, 0.05) is 13.2 Å². The van der Waals surface area contributed by atoms with Crippen LogP contribution in [0.25, 0.3) is 0 Å². The number of carbonyl (C=O) groups excluding carboxylic acids is 1. The first kappa shape index (κ1) is 15.2. The van der Waals surface area contributed by atoms with Gasteiger partial charge in [-0.05, 0) is 18.8 Å². The van der Waals surface area contributed by atoms with Crippen LogP contribution in [0, 0.1) is 5.92 Å². The molecule has 1 heterocycles. The Morgan fingerprint density at radius 1 is 1.67 bits per heavy atom. The number of esters is 1. The fourth-order valence-electron chi connectivity index (χ4n) is 1.33. The molecular weight excluding hydrogens is 276 g/mol. The number of carbonyl (C=O) groups is 1. The number of thiazole rings is 1. The number of rotatable bonds is 7. The first-order valence-corrected chi connectivity index (χ1v) is 6.87. The van der Waals surface area contributed by atoms with Crippen LogP contribution in [-0.2, 0) is 4.74 Å². The molecule has 1 rings (SSSR count). The third-order valence-electron chi connectivity index (χ3n) is 2.42. The molecule has 1 aromatic heterocycles. The van der Waals surface area contributed by atoms with E-state index >= 15 is 0 Å². The number of ether oxygens (including phenoxy) is 1. The number of halogens is 1. The summed E-state index contributed by atoms with van der Waals surface area (Å²) in [6.45, 7) is 2.93. The normalized spacial score (nSPS) is 12.2. The predicted molar refractivity (Wildman–Crippen MR) is 72.4 cm³/mol. The fourth-order valence-corrected chi connectivity index (χ4v) is 2.46. The van der Waals surface area contributed by atoms with Crippen molar-refractivity contribution in [3.8, 4) is 0 Å². The standard InChI is InChI=1S/C11H17ClN2O3S/c1-7(6-15)4-3-5-13-11-14-9(12)8(18-11)10(16)17-2/h7,15H,3-6H2,1-2H3,(H,13,14).